The molecule has 0 unspecified atom stereocenters. The first-order chi connectivity index (χ1) is 14.4. The first-order valence-corrected chi connectivity index (χ1v) is 10.3. The topological polar surface area (TPSA) is 125 Å². The van der Waals surface area contributed by atoms with Gasteiger partial charge in [0.25, 0.3) is 16.8 Å². The van der Waals surface area contributed by atoms with Crippen molar-refractivity contribution in [2.75, 3.05) is 22.5 Å². The van der Waals surface area contributed by atoms with Crippen LogP contribution in [0.1, 0.15) is 28.6 Å². The van der Waals surface area contributed by atoms with Crippen molar-refractivity contribution in [1.29, 1.82) is 0 Å². The van der Waals surface area contributed by atoms with Crippen LogP contribution in [0.5, 0.6) is 0 Å². The minimum absolute atomic E-state index is 0.0145. The maximum atomic E-state index is 12.1. The van der Waals surface area contributed by atoms with Crippen molar-refractivity contribution in [2.24, 2.45) is 0 Å². The van der Waals surface area contributed by atoms with E-state index in [0.29, 0.717) is 22.7 Å². The van der Waals surface area contributed by atoms with Crippen LogP contribution in [0.3, 0.4) is 0 Å². The van der Waals surface area contributed by atoms with Crippen LogP contribution in [-0.2, 0) is 11.2 Å². The molecule has 156 valence electrons. The summed E-state index contributed by atoms with van der Waals surface area (Å²) in [4.78, 5) is 47.9. The summed E-state index contributed by atoms with van der Waals surface area (Å²) in [6.07, 6.45) is 0.858. The fourth-order valence-electron chi connectivity index (χ4n) is 2.88. The second-order valence-electron chi connectivity index (χ2n) is 6.70. The second kappa shape index (κ2) is 9.36. The van der Waals surface area contributed by atoms with Crippen LogP contribution in [0.4, 0.5) is 17.1 Å². The van der Waals surface area contributed by atoms with Gasteiger partial charge in [0.1, 0.15) is 17.4 Å². The molecule has 0 fully saturated rings. The van der Waals surface area contributed by atoms with Gasteiger partial charge in [0, 0.05) is 18.7 Å². The molecule has 0 spiro atoms. The third kappa shape index (κ3) is 4.74. The number of amides is 1. The fourth-order valence-corrected chi connectivity index (χ4v) is 3.50. The highest BCUT2D eigenvalue weighted by atomic mass is 32.1. The molecule has 3 aromatic rings. The van der Waals surface area contributed by atoms with Crippen LogP contribution in [0.2, 0.25) is 0 Å². The molecule has 0 radical (unpaired) electrons. The lowest BCUT2D eigenvalue weighted by Gasteiger charge is -2.20. The van der Waals surface area contributed by atoms with E-state index in [9.17, 15) is 24.3 Å². The summed E-state index contributed by atoms with van der Waals surface area (Å²) in [7, 11) is 0. The lowest BCUT2D eigenvalue weighted by molar-refractivity contribution is -0.137. The third-order valence-corrected chi connectivity index (χ3v) is 5.34. The van der Waals surface area contributed by atoms with Crippen molar-refractivity contribution in [2.45, 2.75) is 25.8 Å². The average molecular weight is 427 g/mol. The lowest BCUT2D eigenvalue weighted by atomic mass is 10.0. The van der Waals surface area contributed by atoms with E-state index < -0.39 is 22.9 Å². The summed E-state index contributed by atoms with van der Waals surface area (Å²) in [5.74, 6) is -1.35. The van der Waals surface area contributed by atoms with Gasteiger partial charge in [-0.15, -0.1) is 11.3 Å². The number of carboxylic acids is 1. The first-order valence-electron chi connectivity index (χ1n) is 9.41. The Hall–Kier alpha value is -3.46. The fraction of sp³-hybridized carbons (Fsp3) is 0.238. The number of hydrogen-bond donors (Lipinski definition) is 4. The van der Waals surface area contributed by atoms with E-state index >= 15 is 0 Å². The van der Waals surface area contributed by atoms with E-state index in [2.05, 4.69) is 16.0 Å². The Bertz CT molecular complexity index is 1100. The van der Waals surface area contributed by atoms with Gasteiger partial charge in [0.05, 0.1) is 4.88 Å². The van der Waals surface area contributed by atoms with Gasteiger partial charge in [-0.1, -0.05) is 25.1 Å². The number of carbonyl (C=O) groups is 2. The van der Waals surface area contributed by atoms with Gasteiger partial charge in [0.2, 0.25) is 0 Å². The summed E-state index contributed by atoms with van der Waals surface area (Å²) >= 11 is 1.34. The maximum absolute atomic E-state index is 12.1. The van der Waals surface area contributed by atoms with E-state index in [4.69, 9.17) is 0 Å². The molecule has 8 nitrogen and oxygen atoms in total. The van der Waals surface area contributed by atoms with Gasteiger partial charge in [0.15, 0.2) is 0 Å². The predicted molar refractivity (Wildman–Crippen MR) is 118 cm³/mol. The number of benzene rings is 1. The highest BCUT2D eigenvalue weighted by Gasteiger charge is 2.26. The van der Waals surface area contributed by atoms with Gasteiger partial charge < -0.3 is 21.1 Å². The molecule has 0 aliphatic carbocycles. The summed E-state index contributed by atoms with van der Waals surface area (Å²) in [6, 6.07) is 9.22. The summed E-state index contributed by atoms with van der Waals surface area (Å²) in [5.41, 5.74) is 0.0872. The van der Waals surface area contributed by atoms with E-state index in [1.807, 2.05) is 12.3 Å². The van der Waals surface area contributed by atoms with Crippen LogP contribution in [0.15, 0.2) is 51.4 Å². The SMILES string of the molecule is CCCNc1c(N[C@@H](Cc2ccc(NC(=O)c3cccs3)cc2)C(=O)O)c(=O)c1=O. The van der Waals surface area contributed by atoms with Crippen molar-refractivity contribution < 1.29 is 14.7 Å². The molecule has 1 atom stereocenters. The van der Waals surface area contributed by atoms with Crippen LogP contribution in [0.25, 0.3) is 0 Å². The van der Waals surface area contributed by atoms with Crippen LogP contribution < -0.4 is 26.8 Å². The number of anilines is 3. The minimum atomic E-state index is -1.14. The zero-order chi connectivity index (χ0) is 21.7. The van der Waals surface area contributed by atoms with Crippen LogP contribution in [0, 0.1) is 0 Å². The third-order valence-electron chi connectivity index (χ3n) is 4.48. The maximum Gasteiger partial charge on any atom is 0.326 e. The molecule has 30 heavy (non-hydrogen) atoms. The molecule has 1 aromatic heterocycles. The molecular weight excluding hydrogens is 406 g/mol. The molecule has 2 aromatic carbocycles. The molecule has 0 bridgehead atoms. The highest BCUT2D eigenvalue weighted by Crippen LogP contribution is 2.19. The molecule has 4 N–H and O–H groups in total. The van der Waals surface area contributed by atoms with E-state index in [-0.39, 0.29) is 23.7 Å². The zero-order valence-electron chi connectivity index (χ0n) is 16.2. The predicted octanol–water partition coefficient (Wildman–Crippen LogP) is 2.53. The molecule has 1 heterocycles. The molecule has 0 aliphatic heterocycles. The molecule has 0 aliphatic rings. The van der Waals surface area contributed by atoms with Crippen LogP contribution >= 0.6 is 11.3 Å². The van der Waals surface area contributed by atoms with E-state index in [1.54, 1.807) is 36.4 Å². The Labute approximate surface area is 176 Å². The highest BCUT2D eigenvalue weighted by molar-refractivity contribution is 7.12. The van der Waals surface area contributed by atoms with Crippen LogP contribution in [-0.4, -0.2) is 29.6 Å². The Morgan fingerprint density at radius 1 is 1.07 bits per heavy atom. The average Bonchev–Trinajstić information content (AvgIpc) is 3.28. The van der Waals surface area contributed by atoms with E-state index in [1.165, 1.54) is 11.3 Å². The Morgan fingerprint density at radius 3 is 2.37 bits per heavy atom. The minimum Gasteiger partial charge on any atom is -0.480 e. The summed E-state index contributed by atoms with van der Waals surface area (Å²) in [5, 5.41) is 19.7. The van der Waals surface area contributed by atoms with Gasteiger partial charge in [-0.25, -0.2) is 4.79 Å². The zero-order valence-corrected chi connectivity index (χ0v) is 17.0. The Kier molecular flexibility index (Phi) is 6.63. The van der Waals surface area contributed by atoms with Crippen molar-refractivity contribution in [3.05, 3.63) is 72.7 Å². The molecule has 1 amide bonds. The van der Waals surface area contributed by atoms with Crippen molar-refractivity contribution in [3.63, 3.8) is 0 Å². The normalized spacial score (nSPS) is 11.8. The van der Waals surface area contributed by atoms with Crippen molar-refractivity contribution >= 4 is 40.3 Å². The smallest absolute Gasteiger partial charge is 0.326 e. The number of thiophene rings is 1. The Balaban J connectivity index is 1.67. The van der Waals surface area contributed by atoms with Gasteiger partial charge in [-0.05, 0) is 35.6 Å². The second-order valence-corrected chi connectivity index (χ2v) is 7.65. The Morgan fingerprint density at radius 2 is 1.77 bits per heavy atom. The standard InChI is InChI=1S/C21H21N3O5S/c1-2-9-22-16-17(19(26)18(16)25)24-14(21(28)29)11-12-5-7-13(8-6-12)23-20(27)15-4-3-10-30-15/h3-8,10,14,22,24H,2,9,11H2,1H3,(H,23,27)(H,28,29)/t14-/m0/s1. The number of rotatable bonds is 10. The number of carboxylic acid groups (broad SMARTS) is 1. The molecule has 3 rings (SSSR count). The molecule has 0 saturated carbocycles. The number of carbonyl (C=O) groups excluding carboxylic acids is 1. The monoisotopic (exact) mass is 427 g/mol. The van der Waals surface area contributed by atoms with E-state index in [0.717, 1.165) is 6.42 Å². The number of aliphatic carboxylic acids is 1. The largest absolute Gasteiger partial charge is 0.480 e. The quantitative estimate of drug-likeness (QED) is 0.367. The van der Waals surface area contributed by atoms with Gasteiger partial charge >= 0.3 is 5.97 Å². The lowest BCUT2D eigenvalue weighted by Crippen LogP contribution is -2.42. The van der Waals surface area contributed by atoms with Gasteiger partial charge in [-0.3, -0.25) is 14.4 Å². The molecular formula is C21H21N3O5S. The van der Waals surface area contributed by atoms with Gasteiger partial charge in [-0.2, -0.15) is 0 Å². The molecule has 0 saturated heterocycles. The molecule has 9 heteroatoms. The summed E-state index contributed by atoms with van der Waals surface area (Å²) < 4.78 is 0. The summed E-state index contributed by atoms with van der Waals surface area (Å²) in [6.45, 7) is 2.42. The van der Waals surface area contributed by atoms with Crippen molar-refractivity contribution in [1.82, 2.24) is 0 Å². The first kappa shape index (κ1) is 21.3. The number of hydrogen-bond acceptors (Lipinski definition) is 7. The van der Waals surface area contributed by atoms with Crippen molar-refractivity contribution in [3.8, 4) is 0 Å². The number of nitrogens with one attached hydrogen (secondary N) is 3.